The monoisotopic (exact) mass is 435 g/mol. The molecule has 122 valence electrons. The second kappa shape index (κ2) is 7.43. The number of carbonyl (C=O) groups is 1. The predicted octanol–water partition coefficient (Wildman–Crippen LogP) is 3.67. The van der Waals surface area contributed by atoms with E-state index in [2.05, 4.69) is 38.1 Å². The molecule has 2 aromatic carbocycles. The molecule has 0 fully saturated rings. The second-order valence-corrected chi connectivity index (χ2v) is 6.31. The Kier molecular flexibility index (Phi) is 5.09. The van der Waals surface area contributed by atoms with Gasteiger partial charge in [-0.2, -0.15) is 0 Å². The van der Waals surface area contributed by atoms with Gasteiger partial charge in [-0.3, -0.25) is 4.79 Å². The van der Waals surface area contributed by atoms with Crippen molar-refractivity contribution in [3.05, 3.63) is 58.0 Å². The number of ether oxygens (including phenoxy) is 1. The van der Waals surface area contributed by atoms with Crippen LogP contribution in [0.4, 0.5) is 5.69 Å². The lowest BCUT2D eigenvalue weighted by molar-refractivity contribution is -0.118. The summed E-state index contributed by atoms with van der Waals surface area (Å²) < 4.78 is 11.8. The van der Waals surface area contributed by atoms with Crippen LogP contribution in [0.3, 0.4) is 0 Å². The van der Waals surface area contributed by atoms with E-state index >= 15 is 0 Å². The maximum absolute atomic E-state index is 12.1. The third-order valence-corrected chi connectivity index (χ3v) is 4.02. The van der Waals surface area contributed by atoms with E-state index in [1.54, 1.807) is 6.07 Å². The van der Waals surface area contributed by atoms with Crippen molar-refractivity contribution >= 4 is 34.2 Å². The molecular formula is C17H14IN3O3. The van der Waals surface area contributed by atoms with Crippen LogP contribution in [0.2, 0.25) is 0 Å². The topological polar surface area (TPSA) is 77.3 Å². The number of aromatic nitrogens is 2. The van der Waals surface area contributed by atoms with E-state index < -0.39 is 0 Å². The van der Waals surface area contributed by atoms with Gasteiger partial charge in [0.05, 0.1) is 0 Å². The molecule has 1 aromatic heterocycles. The molecule has 1 N–H and O–H groups in total. The molecule has 3 aromatic rings. The standard InChI is InChI=1S/C17H14IN3O3/c1-11-2-3-12(17-21-19-10-24-17)8-15(11)20-16(22)9-23-14-6-4-13(18)5-7-14/h2-8,10H,9H2,1H3,(H,20,22). The molecule has 0 aliphatic heterocycles. The normalized spacial score (nSPS) is 10.4. The molecule has 0 atom stereocenters. The summed E-state index contributed by atoms with van der Waals surface area (Å²) in [6, 6.07) is 13.0. The fraction of sp³-hybridized carbons (Fsp3) is 0.118. The van der Waals surface area contributed by atoms with Crippen LogP contribution < -0.4 is 10.1 Å². The first-order valence-corrected chi connectivity index (χ1v) is 8.25. The molecule has 7 heteroatoms. The summed E-state index contributed by atoms with van der Waals surface area (Å²) in [4.78, 5) is 12.1. The lowest BCUT2D eigenvalue weighted by Gasteiger charge is -2.10. The Labute approximate surface area is 152 Å². The van der Waals surface area contributed by atoms with E-state index in [1.807, 2.05) is 43.3 Å². The summed E-state index contributed by atoms with van der Waals surface area (Å²) in [5.74, 6) is 0.821. The van der Waals surface area contributed by atoms with Gasteiger partial charge in [-0.25, -0.2) is 0 Å². The molecule has 0 aliphatic rings. The largest absolute Gasteiger partial charge is 0.484 e. The minimum atomic E-state index is -0.237. The van der Waals surface area contributed by atoms with Crippen molar-refractivity contribution in [2.24, 2.45) is 0 Å². The minimum absolute atomic E-state index is 0.0647. The van der Waals surface area contributed by atoms with Crippen LogP contribution in [0.5, 0.6) is 5.75 Å². The summed E-state index contributed by atoms with van der Waals surface area (Å²) in [6.07, 6.45) is 1.27. The van der Waals surface area contributed by atoms with Crippen LogP contribution in [-0.4, -0.2) is 22.7 Å². The van der Waals surface area contributed by atoms with Crippen LogP contribution in [-0.2, 0) is 4.79 Å². The van der Waals surface area contributed by atoms with E-state index in [1.165, 1.54) is 6.39 Å². The molecule has 3 rings (SSSR count). The summed E-state index contributed by atoms with van der Waals surface area (Å²) >= 11 is 2.21. The first-order valence-electron chi connectivity index (χ1n) is 7.17. The number of carbonyl (C=O) groups excluding carboxylic acids is 1. The summed E-state index contributed by atoms with van der Waals surface area (Å²) in [7, 11) is 0. The highest BCUT2D eigenvalue weighted by Crippen LogP contribution is 2.24. The average molecular weight is 435 g/mol. The number of nitrogens with one attached hydrogen (secondary N) is 1. The first-order chi connectivity index (χ1) is 11.6. The van der Waals surface area contributed by atoms with Crippen LogP contribution >= 0.6 is 22.6 Å². The third kappa shape index (κ3) is 4.10. The van der Waals surface area contributed by atoms with E-state index in [-0.39, 0.29) is 12.5 Å². The maximum atomic E-state index is 12.1. The fourth-order valence-corrected chi connectivity index (χ4v) is 2.41. The number of hydrogen-bond acceptors (Lipinski definition) is 5. The zero-order chi connectivity index (χ0) is 16.9. The third-order valence-electron chi connectivity index (χ3n) is 3.30. The SMILES string of the molecule is Cc1ccc(-c2nnco2)cc1NC(=O)COc1ccc(I)cc1. The van der Waals surface area contributed by atoms with Crippen molar-refractivity contribution in [3.8, 4) is 17.2 Å². The number of aryl methyl sites for hydroxylation is 1. The zero-order valence-electron chi connectivity index (χ0n) is 12.8. The van der Waals surface area contributed by atoms with Crippen molar-refractivity contribution in [3.63, 3.8) is 0 Å². The number of amides is 1. The number of halogens is 1. The number of hydrogen-bond donors (Lipinski definition) is 1. The Morgan fingerprint density at radius 1 is 1.25 bits per heavy atom. The van der Waals surface area contributed by atoms with Crippen LogP contribution in [0.1, 0.15) is 5.56 Å². The van der Waals surface area contributed by atoms with Crippen LogP contribution in [0.25, 0.3) is 11.5 Å². The minimum Gasteiger partial charge on any atom is -0.484 e. The smallest absolute Gasteiger partial charge is 0.262 e. The molecule has 0 saturated heterocycles. The van der Waals surface area contributed by atoms with Crippen molar-refractivity contribution < 1.29 is 13.9 Å². The highest BCUT2D eigenvalue weighted by Gasteiger charge is 2.10. The summed E-state index contributed by atoms with van der Waals surface area (Å²) in [5, 5.41) is 10.4. The molecule has 0 bridgehead atoms. The molecule has 1 heterocycles. The second-order valence-electron chi connectivity index (χ2n) is 5.06. The van der Waals surface area contributed by atoms with Gasteiger partial charge in [0.25, 0.3) is 5.91 Å². The summed E-state index contributed by atoms with van der Waals surface area (Å²) in [6.45, 7) is 1.85. The van der Waals surface area contributed by atoms with Crippen LogP contribution in [0.15, 0.2) is 53.3 Å². The van der Waals surface area contributed by atoms with E-state index in [9.17, 15) is 4.79 Å². The lowest BCUT2D eigenvalue weighted by atomic mass is 10.1. The van der Waals surface area contributed by atoms with Gasteiger partial charge in [0.1, 0.15) is 5.75 Å². The molecule has 6 nitrogen and oxygen atoms in total. The molecule has 0 spiro atoms. The zero-order valence-corrected chi connectivity index (χ0v) is 15.0. The van der Waals surface area contributed by atoms with E-state index in [0.29, 0.717) is 17.3 Å². The Morgan fingerprint density at radius 2 is 2.04 bits per heavy atom. The molecule has 0 unspecified atom stereocenters. The summed E-state index contributed by atoms with van der Waals surface area (Å²) in [5.41, 5.74) is 2.36. The van der Waals surface area contributed by atoms with Gasteiger partial charge in [-0.15, -0.1) is 10.2 Å². The molecule has 0 saturated carbocycles. The van der Waals surface area contributed by atoms with Gasteiger partial charge in [-0.1, -0.05) is 6.07 Å². The highest BCUT2D eigenvalue weighted by atomic mass is 127. The van der Waals surface area contributed by atoms with Crippen molar-refractivity contribution in [2.75, 3.05) is 11.9 Å². The average Bonchev–Trinajstić information content (AvgIpc) is 3.11. The molecule has 0 aliphatic carbocycles. The Morgan fingerprint density at radius 3 is 2.75 bits per heavy atom. The highest BCUT2D eigenvalue weighted by molar-refractivity contribution is 14.1. The van der Waals surface area contributed by atoms with Gasteiger partial charge >= 0.3 is 0 Å². The number of anilines is 1. The lowest BCUT2D eigenvalue weighted by Crippen LogP contribution is -2.20. The maximum Gasteiger partial charge on any atom is 0.262 e. The predicted molar refractivity (Wildman–Crippen MR) is 97.8 cm³/mol. The van der Waals surface area contributed by atoms with Gasteiger partial charge < -0.3 is 14.5 Å². The Bertz CT molecular complexity index is 833. The molecular weight excluding hydrogens is 421 g/mol. The number of nitrogens with zero attached hydrogens (tertiary/aromatic N) is 2. The van der Waals surface area contributed by atoms with Crippen molar-refractivity contribution in [1.82, 2.24) is 10.2 Å². The van der Waals surface area contributed by atoms with Gasteiger partial charge in [0.15, 0.2) is 6.61 Å². The van der Waals surface area contributed by atoms with E-state index in [4.69, 9.17) is 9.15 Å². The van der Waals surface area contributed by atoms with Gasteiger partial charge in [0.2, 0.25) is 12.3 Å². The van der Waals surface area contributed by atoms with Crippen molar-refractivity contribution in [1.29, 1.82) is 0 Å². The Balaban J connectivity index is 1.65. The van der Waals surface area contributed by atoms with Crippen molar-refractivity contribution in [2.45, 2.75) is 6.92 Å². The van der Waals surface area contributed by atoms with Gasteiger partial charge in [0, 0.05) is 14.8 Å². The van der Waals surface area contributed by atoms with Crippen LogP contribution in [0, 0.1) is 10.5 Å². The number of rotatable bonds is 5. The quantitative estimate of drug-likeness (QED) is 0.619. The van der Waals surface area contributed by atoms with Gasteiger partial charge in [-0.05, 0) is 71.5 Å². The first kappa shape index (κ1) is 16.4. The van der Waals surface area contributed by atoms with E-state index in [0.717, 1.165) is 14.7 Å². The molecule has 1 amide bonds. The Hall–Kier alpha value is -2.42. The number of benzene rings is 2. The molecule has 0 radical (unpaired) electrons. The fourth-order valence-electron chi connectivity index (χ4n) is 2.05. The molecule has 24 heavy (non-hydrogen) atoms.